The van der Waals surface area contributed by atoms with Gasteiger partial charge < -0.3 is 15.2 Å². The maximum Gasteiger partial charge on any atom is 0.142 e. The van der Waals surface area contributed by atoms with Gasteiger partial charge in [0.15, 0.2) is 0 Å². The zero-order chi connectivity index (χ0) is 14.5. The van der Waals surface area contributed by atoms with Gasteiger partial charge >= 0.3 is 0 Å². The monoisotopic (exact) mass is 311 g/mol. The smallest absolute Gasteiger partial charge is 0.142 e. The fourth-order valence-electron chi connectivity index (χ4n) is 1.64. The second-order valence-corrected chi connectivity index (χ2v) is 5.13. The van der Waals surface area contributed by atoms with Gasteiger partial charge in [0.1, 0.15) is 24.7 Å². The Labute approximate surface area is 128 Å². The van der Waals surface area contributed by atoms with Crippen LogP contribution in [-0.4, -0.2) is 13.2 Å². The minimum Gasteiger partial charge on any atom is -0.490 e. The quantitative estimate of drug-likeness (QED) is 0.660. The molecule has 0 aromatic heterocycles. The molecule has 0 aliphatic rings. The van der Waals surface area contributed by atoms with Crippen molar-refractivity contribution in [3.05, 3.63) is 52.0 Å². The van der Waals surface area contributed by atoms with Gasteiger partial charge in [-0.15, -0.1) is 0 Å². The van der Waals surface area contributed by atoms with Gasteiger partial charge in [-0.25, -0.2) is 0 Å². The van der Waals surface area contributed by atoms with Crippen molar-refractivity contribution in [1.29, 1.82) is 0 Å². The van der Waals surface area contributed by atoms with E-state index in [0.717, 1.165) is 5.56 Å². The molecule has 0 heterocycles. The number of halogens is 2. The number of hydrogen-bond donors (Lipinski definition) is 1. The predicted molar refractivity (Wildman–Crippen MR) is 83.0 cm³/mol. The average molecular weight is 312 g/mol. The average Bonchev–Trinajstić information content (AvgIpc) is 2.42. The van der Waals surface area contributed by atoms with Gasteiger partial charge in [0.25, 0.3) is 0 Å². The number of nitrogens with two attached hydrogens (primary N) is 1. The van der Waals surface area contributed by atoms with Crippen molar-refractivity contribution < 1.29 is 9.47 Å². The zero-order valence-electron chi connectivity index (χ0n) is 11.0. The highest BCUT2D eigenvalue weighted by molar-refractivity contribution is 6.42. The molecule has 0 saturated heterocycles. The van der Waals surface area contributed by atoms with Crippen LogP contribution in [0.25, 0.3) is 0 Å². The number of anilines is 1. The van der Waals surface area contributed by atoms with E-state index in [-0.39, 0.29) is 0 Å². The number of benzene rings is 2. The molecule has 0 unspecified atom stereocenters. The van der Waals surface area contributed by atoms with Crippen LogP contribution in [0.1, 0.15) is 5.56 Å². The van der Waals surface area contributed by atoms with E-state index in [2.05, 4.69) is 0 Å². The molecule has 0 bridgehead atoms. The minimum absolute atomic E-state index is 0.394. The normalized spacial score (nSPS) is 10.3. The van der Waals surface area contributed by atoms with Gasteiger partial charge in [0.05, 0.1) is 15.7 Å². The van der Waals surface area contributed by atoms with E-state index in [4.69, 9.17) is 38.4 Å². The number of aryl methyl sites for hydroxylation is 1. The largest absolute Gasteiger partial charge is 0.490 e. The third kappa shape index (κ3) is 3.95. The summed E-state index contributed by atoms with van der Waals surface area (Å²) in [5, 5.41) is 0.968. The first-order chi connectivity index (χ1) is 9.56. The molecule has 0 atom stereocenters. The van der Waals surface area contributed by atoms with E-state index in [1.54, 1.807) is 18.2 Å². The molecule has 0 saturated carbocycles. The van der Waals surface area contributed by atoms with E-state index in [1.165, 1.54) is 0 Å². The van der Waals surface area contributed by atoms with E-state index < -0.39 is 0 Å². The molecular formula is C15H15Cl2NO2. The van der Waals surface area contributed by atoms with E-state index in [1.807, 2.05) is 25.1 Å². The van der Waals surface area contributed by atoms with Crippen LogP contribution >= 0.6 is 23.2 Å². The van der Waals surface area contributed by atoms with Gasteiger partial charge in [-0.2, -0.15) is 0 Å². The predicted octanol–water partition coefficient (Wildman–Crippen LogP) is 4.34. The molecule has 0 amide bonds. The molecule has 2 aromatic rings. The molecule has 2 aromatic carbocycles. The van der Waals surface area contributed by atoms with Crippen molar-refractivity contribution in [2.45, 2.75) is 6.92 Å². The van der Waals surface area contributed by atoms with Gasteiger partial charge in [-0.1, -0.05) is 29.3 Å². The Morgan fingerprint density at radius 3 is 2.45 bits per heavy atom. The second-order valence-electron chi connectivity index (χ2n) is 4.31. The van der Waals surface area contributed by atoms with Crippen LogP contribution in [0.4, 0.5) is 5.69 Å². The molecule has 20 heavy (non-hydrogen) atoms. The Hall–Kier alpha value is -1.58. The molecule has 5 heteroatoms. The third-order valence-electron chi connectivity index (χ3n) is 2.67. The number of nitrogen functional groups attached to an aromatic ring is 1. The summed E-state index contributed by atoms with van der Waals surface area (Å²) >= 11 is 11.7. The Kier molecular flexibility index (Phi) is 4.99. The van der Waals surface area contributed by atoms with Crippen LogP contribution in [-0.2, 0) is 0 Å². The van der Waals surface area contributed by atoms with Crippen LogP contribution in [0.5, 0.6) is 11.5 Å². The summed E-state index contributed by atoms with van der Waals surface area (Å²) in [7, 11) is 0. The summed E-state index contributed by atoms with van der Waals surface area (Å²) in [5.74, 6) is 1.32. The first-order valence-corrected chi connectivity index (χ1v) is 6.88. The highest BCUT2D eigenvalue weighted by Gasteiger charge is 2.02. The molecule has 0 aliphatic carbocycles. The Morgan fingerprint density at radius 2 is 1.70 bits per heavy atom. The fourth-order valence-corrected chi connectivity index (χ4v) is 1.93. The van der Waals surface area contributed by atoms with E-state index in [9.17, 15) is 0 Å². The first kappa shape index (κ1) is 14.8. The topological polar surface area (TPSA) is 44.5 Å². The van der Waals surface area contributed by atoms with E-state index in [0.29, 0.717) is 40.4 Å². The van der Waals surface area contributed by atoms with Gasteiger partial charge in [0.2, 0.25) is 0 Å². The third-order valence-corrected chi connectivity index (χ3v) is 3.41. The number of ether oxygens (including phenoxy) is 2. The summed E-state index contributed by atoms with van der Waals surface area (Å²) in [5.41, 5.74) is 7.53. The highest BCUT2D eigenvalue weighted by Crippen LogP contribution is 2.26. The number of hydrogen-bond acceptors (Lipinski definition) is 3. The van der Waals surface area contributed by atoms with Crippen LogP contribution in [0.15, 0.2) is 36.4 Å². The van der Waals surface area contributed by atoms with Crippen molar-refractivity contribution in [3.8, 4) is 11.5 Å². The molecule has 0 aliphatic heterocycles. The maximum absolute atomic E-state index is 5.90. The van der Waals surface area contributed by atoms with Crippen molar-refractivity contribution in [2.24, 2.45) is 0 Å². The van der Waals surface area contributed by atoms with E-state index >= 15 is 0 Å². The molecular weight excluding hydrogens is 297 g/mol. The fraction of sp³-hybridized carbons (Fsp3) is 0.200. The molecule has 3 nitrogen and oxygen atoms in total. The maximum atomic E-state index is 5.90. The van der Waals surface area contributed by atoms with Crippen molar-refractivity contribution in [1.82, 2.24) is 0 Å². The summed E-state index contributed by atoms with van der Waals surface area (Å²) in [6.45, 7) is 2.78. The molecule has 0 spiro atoms. The lowest BCUT2D eigenvalue weighted by Gasteiger charge is -2.11. The SMILES string of the molecule is Cc1ccc(N)c(OCCOc2ccc(Cl)c(Cl)c2)c1. The van der Waals surface area contributed by atoms with Gasteiger partial charge in [0, 0.05) is 6.07 Å². The lowest BCUT2D eigenvalue weighted by Crippen LogP contribution is -2.10. The van der Waals surface area contributed by atoms with Gasteiger partial charge in [-0.05, 0) is 36.8 Å². The van der Waals surface area contributed by atoms with Crippen molar-refractivity contribution >= 4 is 28.9 Å². The summed E-state index contributed by atoms with van der Waals surface area (Å²) in [4.78, 5) is 0. The molecule has 0 fully saturated rings. The standard InChI is InChI=1S/C15H15Cl2NO2/c1-10-2-5-14(18)15(8-10)20-7-6-19-11-3-4-12(16)13(17)9-11/h2-5,8-9H,6-7,18H2,1H3. The Morgan fingerprint density at radius 1 is 0.950 bits per heavy atom. The second kappa shape index (κ2) is 6.73. The molecule has 0 radical (unpaired) electrons. The Bertz CT molecular complexity index is 602. The highest BCUT2D eigenvalue weighted by atomic mass is 35.5. The molecule has 106 valence electrons. The lowest BCUT2D eigenvalue weighted by molar-refractivity contribution is 0.218. The first-order valence-electron chi connectivity index (χ1n) is 6.13. The summed E-state index contributed by atoms with van der Waals surface area (Å²) < 4.78 is 11.1. The number of rotatable bonds is 5. The van der Waals surface area contributed by atoms with Crippen LogP contribution < -0.4 is 15.2 Å². The van der Waals surface area contributed by atoms with Crippen LogP contribution in [0.2, 0.25) is 10.0 Å². The van der Waals surface area contributed by atoms with Crippen molar-refractivity contribution in [2.75, 3.05) is 18.9 Å². The van der Waals surface area contributed by atoms with Gasteiger partial charge in [-0.3, -0.25) is 0 Å². The summed E-state index contributed by atoms with van der Waals surface area (Å²) in [6.07, 6.45) is 0. The Balaban J connectivity index is 1.84. The van der Waals surface area contributed by atoms with Crippen LogP contribution in [0, 0.1) is 6.92 Å². The summed E-state index contributed by atoms with van der Waals surface area (Å²) in [6, 6.07) is 10.8. The van der Waals surface area contributed by atoms with Crippen molar-refractivity contribution in [3.63, 3.8) is 0 Å². The van der Waals surface area contributed by atoms with Crippen LogP contribution in [0.3, 0.4) is 0 Å². The molecule has 2 rings (SSSR count). The lowest BCUT2D eigenvalue weighted by atomic mass is 10.2. The minimum atomic E-state index is 0.394. The zero-order valence-corrected chi connectivity index (χ0v) is 12.5. The molecule has 2 N–H and O–H groups in total.